The molecule has 0 radical (unpaired) electrons. The van der Waals surface area contributed by atoms with Gasteiger partial charge >= 0.3 is 0 Å². The van der Waals surface area contributed by atoms with E-state index in [-0.39, 0.29) is 30.8 Å². The number of anilines is 2. The molecule has 220 valence electrons. The fraction of sp³-hybridized carbons (Fsp3) is 0.400. The second-order valence-electron chi connectivity index (χ2n) is 11.0. The number of nitrogens with zero attached hydrogens (tertiary/aromatic N) is 6. The summed E-state index contributed by atoms with van der Waals surface area (Å²) in [5.41, 5.74) is 2.25. The number of carbonyl (C=O) groups excluding carboxylic acids is 2. The number of halogens is 1. The van der Waals surface area contributed by atoms with Gasteiger partial charge in [-0.15, -0.1) is 11.3 Å². The van der Waals surface area contributed by atoms with Crippen LogP contribution in [0.2, 0.25) is 0 Å². The van der Waals surface area contributed by atoms with Crippen LogP contribution in [0.5, 0.6) is 0 Å². The van der Waals surface area contributed by atoms with Crippen molar-refractivity contribution in [2.24, 2.45) is 5.41 Å². The fourth-order valence-electron chi connectivity index (χ4n) is 6.05. The number of H-pyrrole nitrogens is 1. The third kappa shape index (κ3) is 5.49. The van der Waals surface area contributed by atoms with Gasteiger partial charge < -0.3 is 19.4 Å². The van der Waals surface area contributed by atoms with Crippen LogP contribution in [0, 0.1) is 11.2 Å². The average molecular weight is 592 g/mol. The predicted molar refractivity (Wildman–Crippen MR) is 161 cm³/mol. The number of likely N-dealkylation sites (tertiary alicyclic amines) is 1. The van der Waals surface area contributed by atoms with Crippen molar-refractivity contribution in [2.75, 3.05) is 76.4 Å². The maximum absolute atomic E-state index is 14.1. The molecule has 2 aromatic carbocycles. The van der Waals surface area contributed by atoms with E-state index in [1.807, 2.05) is 28.5 Å². The highest BCUT2D eigenvalue weighted by molar-refractivity contribution is 7.13. The summed E-state index contributed by atoms with van der Waals surface area (Å²) in [5, 5.41) is 11.3. The Hall–Kier alpha value is -3.87. The number of hydrogen-bond acceptors (Lipinski definition) is 8. The van der Waals surface area contributed by atoms with Crippen molar-refractivity contribution in [3.8, 4) is 11.3 Å². The maximum Gasteiger partial charge on any atom is 0.236 e. The molecule has 6 rings (SSSR count). The van der Waals surface area contributed by atoms with Crippen LogP contribution < -0.4 is 9.80 Å². The predicted octanol–water partition coefficient (Wildman–Crippen LogP) is 3.48. The maximum atomic E-state index is 14.1. The van der Waals surface area contributed by atoms with Gasteiger partial charge in [-0.25, -0.2) is 9.37 Å². The summed E-state index contributed by atoms with van der Waals surface area (Å²) >= 11 is 1.61. The number of methoxy groups -OCH3 is 1. The zero-order valence-electron chi connectivity index (χ0n) is 23.8. The molecule has 12 heteroatoms. The number of piperazine rings is 1. The highest BCUT2D eigenvalue weighted by Gasteiger charge is 2.47. The number of hydrogen-bond donors (Lipinski definition) is 1. The average Bonchev–Trinajstić information content (AvgIpc) is 3.78. The minimum Gasteiger partial charge on any atom is -0.384 e. The zero-order valence-corrected chi connectivity index (χ0v) is 24.6. The number of ether oxygens (including phenoxy) is 1. The van der Waals surface area contributed by atoms with Crippen molar-refractivity contribution >= 4 is 44.9 Å². The van der Waals surface area contributed by atoms with Crippen LogP contribution in [-0.2, 0) is 14.3 Å². The molecule has 2 aromatic heterocycles. The Bertz CT molecular complexity index is 1550. The first-order valence-electron chi connectivity index (χ1n) is 14.0. The Kier molecular flexibility index (Phi) is 7.93. The number of fused-ring (bicyclic) bond motifs is 1. The molecule has 2 aliphatic heterocycles. The number of aromatic nitrogens is 3. The van der Waals surface area contributed by atoms with Crippen molar-refractivity contribution in [1.82, 2.24) is 25.0 Å². The monoisotopic (exact) mass is 591 g/mol. The quantitative estimate of drug-likeness (QED) is 0.335. The van der Waals surface area contributed by atoms with Gasteiger partial charge in [0.2, 0.25) is 11.8 Å². The summed E-state index contributed by atoms with van der Waals surface area (Å²) in [7, 11) is 3.38. The van der Waals surface area contributed by atoms with Gasteiger partial charge in [0.15, 0.2) is 5.13 Å². The van der Waals surface area contributed by atoms with Crippen molar-refractivity contribution in [2.45, 2.75) is 6.42 Å². The van der Waals surface area contributed by atoms with Crippen LogP contribution in [0.15, 0.2) is 54.0 Å². The smallest absolute Gasteiger partial charge is 0.236 e. The minimum absolute atomic E-state index is 0.0532. The number of thiazole rings is 1. The molecule has 2 aliphatic rings. The minimum atomic E-state index is -0.765. The molecule has 4 aromatic rings. The van der Waals surface area contributed by atoms with Crippen LogP contribution in [0.1, 0.15) is 6.42 Å². The molecule has 1 unspecified atom stereocenters. The third-order valence-corrected chi connectivity index (χ3v) is 9.18. The van der Waals surface area contributed by atoms with Crippen LogP contribution in [0.3, 0.4) is 0 Å². The van der Waals surface area contributed by atoms with Crippen LogP contribution in [0.25, 0.3) is 22.2 Å². The Labute approximate surface area is 247 Å². The summed E-state index contributed by atoms with van der Waals surface area (Å²) in [5.74, 6) is -0.279. The first-order valence-corrected chi connectivity index (χ1v) is 14.9. The van der Waals surface area contributed by atoms with E-state index in [4.69, 9.17) is 4.74 Å². The number of benzene rings is 2. The standard InChI is InChI=1S/C30H34FN7O3S/c1-35(23-7-8-25-24(17-23)27(34-33-25)21-3-5-22(31)6-4-21)28(40)30(20-41-2)9-11-36(19-30)18-26(39)37-12-14-38(15-13-37)29-32-10-16-42-29/h3-8,10,16-17H,9,11-15,18-20H2,1-2H3,(H,33,34). The Balaban J connectivity index is 1.13. The molecule has 1 atom stereocenters. The van der Waals surface area contributed by atoms with E-state index >= 15 is 0 Å². The van der Waals surface area contributed by atoms with Crippen molar-refractivity contribution in [1.29, 1.82) is 0 Å². The molecule has 2 fully saturated rings. The van der Waals surface area contributed by atoms with Gasteiger partial charge in [0, 0.05) is 75.1 Å². The number of nitrogens with one attached hydrogen (secondary N) is 1. The van der Waals surface area contributed by atoms with Gasteiger partial charge in [-0.2, -0.15) is 5.10 Å². The van der Waals surface area contributed by atoms with E-state index in [0.29, 0.717) is 38.3 Å². The molecule has 2 amide bonds. The molecule has 0 spiro atoms. The van der Waals surface area contributed by atoms with Crippen molar-refractivity contribution < 1.29 is 18.7 Å². The molecule has 0 bridgehead atoms. The van der Waals surface area contributed by atoms with Gasteiger partial charge in [-0.1, -0.05) is 0 Å². The Morgan fingerprint density at radius 1 is 1.12 bits per heavy atom. The lowest BCUT2D eigenvalue weighted by atomic mass is 9.86. The second kappa shape index (κ2) is 11.8. The molecular formula is C30H34FN7O3S. The van der Waals surface area contributed by atoms with Crippen LogP contribution in [-0.4, -0.2) is 103 Å². The second-order valence-corrected chi connectivity index (χ2v) is 11.9. The molecule has 10 nitrogen and oxygen atoms in total. The lowest BCUT2D eigenvalue weighted by molar-refractivity contribution is -0.134. The van der Waals surface area contributed by atoms with E-state index in [1.165, 1.54) is 12.1 Å². The SMILES string of the molecule is COCC1(C(=O)N(C)c2ccc3[nH]nc(-c4ccc(F)cc4)c3c2)CCN(CC(=O)N2CCN(c3nccs3)CC2)C1. The summed E-state index contributed by atoms with van der Waals surface area (Å²) in [6, 6.07) is 11.9. The van der Waals surface area contributed by atoms with E-state index in [9.17, 15) is 14.0 Å². The van der Waals surface area contributed by atoms with Crippen molar-refractivity contribution in [3.05, 3.63) is 59.9 Å². The van der Waals surface area contributed by atoms with Crippen LogP contribution >= 0.6 is 11.3 Å². The van der Waals surface area contributed by atoms with Gasteiger partial charge in [0.1, 0.15) is 5.82 Å². The molecular weight excluding hydrogens is 557 g/mol. The lowest BCUT2D eigenvalue weighted by Crippen LogP contribution is -2.52. The number of amides is 2. The number of rotatable bonds is 8. The highest BCUT2D eigenvalue weighted by atomic mass is 32.1. The Morgan fingerprint density at radius 2 is 1.90 bits per heavy atom. The van der Waals surface area contributed by atoms with E-state index in [1.54, 1.807) is 48.7 Å². The van der Waals surface area contributed by atoms with Gasteiger partial charge in [-0.3, -0.25) is 19.6 Å². The number of aromatic amines is 1. The summed E-state index contributed by atoms with van der Waals surface area (Å²) in [6.07, 6.45) is 2.40. The highest BCUT2D eigenvalue weighted by Crippen LogP contribution is 2.36. The first-order chi connectivity index (χ1) is 20.4. The van der Waals surface area contributed by atoms with Gasteiger partial charge in [0.25, 0.3) is 0 Å². The molecule has 0 saturated carbocycles. The molecule has 4 heterocycles. The van der Waals surface area contributed by atoms with E-state index < -0.39 is 5.41 Å². The first kappa shape index (κ1) is 28.3. The summed E-state index contributed by atoms with van der Waals surface area (Å²) in [6.45, 7) is 4.48. The lowest BCUT2D eigenvalue weighted by Gasteiger charge is -2.35. The van der Waals surface area contributed by atoms with Crippen molar-refractivity contribution in [3.63, 3.8) is 0 Å². The normalized spacial score (nSPS) is 19.5. The number of carbonyl (C=O) groups is 2. The molecule has 1 N–H and O–H groups in total. The molecule has 2 saturated heterocycles. The summed E-state index contributed by atoms with van der Waals surface area (Å²) < 4.78 is 19.1. The van der Waals surface area contributed by atoms with E-state index in [0.717, 1.165) is 40.4 Å². The summed E-state index contributed by atoms with van der Waals surface area (Å²) in [4.78, 5) is 39.5. The fourth-order valence-corrected chi connectivity index (χ4v) is 6.74. The zero-order chi connectivity index (χ0) is 29.3. The van der Waals surface area contributed by atoms with Gasteiger partial charge in [0.05, 0.1) is 29.8 Å². The third-order valence-electron chi connectivity index (χ3n) is 8.34. The Morgan fingerprint density at radius 3 is 2.62 bits per heavy atom. The van der Waals surface area contributed by atoms with E-state index in [2.05, 4.69) is 25.0 Å². The molecule has 42 heavy (non-hydrogen) atoms. The van der Waals surface area contributed by atoms with Gasteiger partial charge in [-0.05, 0) is 55.4 Å². The topological polar surface area (TPSA) is 97.9 Å². The van der Waals surface area contributed by atoms with Crippen LogP contribution in [0.4, 0.5) is 15.2 Å². The molecule has 0 aliphatic carbocycles. The largest absolute Gasteiger partial charge is 0.384 e.